The molecule has 2 atom stereocenters. The summed E-state index contributed by atoms with van der Waals surface area (Å²) in [7, 11) is 0. The van der Waals surface area contributed by atoms with Gasteiger partial charge in [0.05, 0.1) is 4.92 Å². The highest BCUT2D eigenvalue weighted by molar-refractivity contribution is 6.30. The minimum absolute atomic E-state index is 0.110. The molecule has 1 aromatic carbocycles. The van der Waals surface area contributed by atoms with Crippen LogP contribution in [0.5, 0.6) is 0 Å². The Morgan fingerprint density at radius 3 is 2.65 bits per heavy atom. The highest BCUT2D eigenvalue weighted by Gasteiger charge is 2.25. The molecule has 1 N–H and O–H groups in total. The van der Waals surface area contributed by atoms with Gasteiger partial charge >= 0.3 is 0 Å². The van der Waals surface area contributed by atoms with Crippen molar-refractivity contribution in [2.24, 2.45) is 0 Å². The van der Waals surface area contributed by atoms with Gasteiger partial charge in [-0.2, -0.15) is 0 Å². The molecule has 0 spiro atoms. The summed E-state index contributed by atoms with van der Waals surface area (Å²) in [6.07, 6.45) is 3.53. The molecular weight excluding hydrogens is 278 g/mol. The van der Waals surface area contributed by atoms with E-state index in [1.165, 1.54) is 12.5 Å². The zero-order valence-electron chi connectivity index (χ0n) is 11.8. The van der Waals surface area contributed by atoms with Crippen molar-refractivity contribution in [3.05, 3.63) is 38.9 Å². The normalized spacial score (nSPS) is 23.8. The van der Waals surface area contributed by atoms with Crippen molar-refractivity contribution in [1.29, 1.82) is 0 Å². The first-order valence-corrected chi connectivity index (χ1v) is 7.31. The summed E-state index contributed by atoms with van der Waals surface area (Å²) < 4.78 is 0. The van der Waals surface area contributed by atoms with Gasteiger partial charge in [0.2, 0.25) is 0 Å². The van der Waals surface area contributed by atoms with Gasteiger partial charge in [-0.25, -0.2) is 5.01 Å². The number of hydrogen-bond acceptors (Lipinski definition) is 4. The quantitative estimate of drug-likeness (QED) is 0.682. The lowest BCUT2D eigenvalue weighted by Gasteiger charge is -2.39. The van der Waals surface area contributed by atoms with E-state index >= 15 is 0 Å². The van der Waals surface area contributed by atoms with Crippen LogP contribution >= 0.6 is 11.6 Å². The molecule has 6 heteroatoms. The number of nitro groups is 1. The standard InChI is InChI=1S/C14H20ClN3O2/c1-10-4-3-5-11(2)17(10)16-9-12-8-13(15)6-7-14(12)18(19)20/h6-8,10-11,16H,3-5,9H2,1-2H3. The van der Waals surface area contributed by atoms with Crippen molar-refractivity contribution in [3.63, 3.8) is 0 Å². The first kappa shape index (κ1) is 15.2. The van der Waals surface area contributed by atoms with Crippen LogP contribution in [0.1, 0.15) is 38.7 Å². The SMILES string of the molecule is CC1CCCC(C)N1NCc1cc(Cl)ccc1[N+](=O)[O-]. The van der Waals surface area contributed by atoms with Crippen LogP contribution < -0.4 is 5.43 Å². The van der Waals surface area contributed by atoms with Crippen LogP contribution in [0.15, 0.2) is 18.2 Å². The molecule has 0 aromatic heterocycles. The van der Waals surface area contributed by atoms with E-state index < -0.39 is 0 Å². The first-order valence-electron chi connectivity index (χ1n) is 6.93. The fraction of sp³-hybridized carbons (Fsp3) is 0.571. The molecule has 0 radical (unpaired) electrons. The smallest absolute Gasteiger partial charge is 0.258 e. The van der Waals surface area contributed by atoms with E-state index in [2.05, 4.69) is 24.3 Å². The Balaban J connectivity index is 2.10. The number of nitrogens with zero attached hydrogens (tertiary/aromatic N) is 2. The molecule has 1 aliphatic heterocycles. The fourth-order valence-corrected chi connectivity index (χ4v) is 2.98. The van der Waals surface area contributed by atoms with Crippen LogP contribution in [0.4, 0.5) is 5.69 Å². The average molecular weight is 298 g/mol. The molecule has 0 saturated carbocycles. The van der Waals surface area contributed by atoms with Crippen LogP contribution in [0.3, 0.4) is 0 Å². The van der Waals surface area contributed by atoms with Gasteiger partial charge in [0.15, 0.2) is 0 Å². The van der Waals surface area contributed by atoms with Gasteiger partial charge in [-0.05, 0) is 38.8 Å². The number of halogens is 1. The number of nitro benzene ring substituents is 1. The molecule has 20 heavy (non-hydrogen) atoms. The summed E-state index contributed by atoms with van der Waals surface area (Å²) in [5.41, 5.74) is 4.06. The molecule has 1 fully saturated rings. The van der Waals surface area contributed by atoms with Crippen LogP contribution in [0.25, 0.3) is 0 Å². The predicted molar refractivity (Wildman–Crippen MR) is 79.6 cm³/mol. The molecule has 2 unspecified atom stereocenters. The number of benzene rings is 1. The third-order valence-electron chi connectivity index (χ3n) is 3.88. The maximum absolute atomic E-state index is 11.0. The predicted octanol–water partition coefficient (Wildman–Crippen LogP) is 3.52. The van der Waals surface area contributed by atoms with Crippen molar-refractivity contribution in [3.8, 4) is 0 Å². The lowest BCUT2D eigenvalue weighted by atomic mass is 10.00. The van der Waals surface area contributed by atoms with Crippen molar-refractivity contribution < 1.29 is 4.92 Å². The Labute approximate surface area is 124 Å². The molecule has 2 rings (SSSR count). The second-order valence-corrected chi connectivity index (χ2v) is 5.84. The van der Waals surface area contributed by atoms with Crippen LogP contribution in [0.2, 0.25) is 5.02 Å². The lowest BCUT2D eigenvalue weighted by Crippen LogP contribution is -2.51. The van der Waals surface area contributed by atoms with Crippen molar-refractivity contribution in [2.75, 3.05) is 0 Å². The van der Waals surface area contributed by atoms with E-state index in [9.17, 15) is 10.1 Å². The molecule has 0 aliphatic carbocycles. The molecule has 1 saturated heterocycles. The molecule has 110 valence electrons. The van der Waals surface area contributed by atoms with Crippen molar-refractivity contribution in [1.82, 2.24) is 10.4 Å². The Kier molecular flexibility index (Phi) is 4.96. The second-order valence-electron chi connectivity index (χ2n) is 5.40. The zero-order chi connectivity index (χ0) is 14.7. The van der Waals surface area contributed by atoms with Gasteiger partial charge < -0.3 is 0 Å². The summed E-state index contributed by atoms with van der Waals surface area (Å²) in [5, 5.41) is 13.8. The first-order chi connectivity index (χ1) is 9.49. The summed E-state index contributed by atoms with van der Waals surface area (Å²) >= 11 is 5.94. The van der Waals surface area contributed by atoms with E-state index in [0.717, 1.165) is 12.8 Å². The van der Waals surface area contributed by atoms with Crippen LogP contribution in [0, 0.1) is 10.1 Å². The van der Waals surface area contributed by atoms with Crippen LogP contribution in [-0.2, 0) is 6.54 Å². The van der Waals surface area contributed by atoms with Gasteiger partial charge in [0, 0.05) is 35.3 Å². The number of hydrogen-bond donors (Lipinski definition) is 1. The average Bonchev–Trinajstić information content (AvgIpc) is 2.37. The minimum atomic E-state index is -0.365. The second kappa shape index (κ2) is 6.52. The lowest BCUT2D eigenvalue weighted by molar-refractivity contribution is -0.385. The summed E-state index contributed by atoms with van der Waals surface area (Å²) in [6.45, 7) is 4.77. The summed E-state index contributed by atoms with van der Waals surface area (Å²) in [4.78, 5) is 10.7. The highest BCUT2D eigenvalue weighted by atomic mass is 35.5. The largest absolute Gasteiger partial charge is 0.274 e. The van der Waals surface area contributed by atoms with Gasteiger partial charge in [0.25, 0.3) is 5.69 Å². The van der Waals surface area contributed by atoms with Crippen molar-refractivity contribution >= 4 is 17.3 Å². The Morgan fingerprint density at radius 1 is 1.40 bits per heavy atom. The zero-order valence-corrected chi connectivity index (χ0v) is 12.6. The fourth-order valence-electron chi connectivity index (χ4n) is 2.78. The van der Waals surface area contributed by atoms with Gasteiger partial charge in [-0.15, -0.1) is 0 Å². The van der Waals surface area contributed by atoms with Gasteiger partial charge in [0.1, 0.15) is 0 Å². The summed E-state index contributed by atoms with van der Waals surface area (Å²) in [6, 6.07) is 5.55. The van der Waals surface area contributed by atoms with Crippen LogP contribution in [-0.4, -0.2) is 22.0 Å². The molecule has 1 aliphatic rings. The maximum atomic E-state index is 11.0. The topological polar surface area (TPSA) is 58.4 Å². The third kappa shape index (κ3) is 3.48. The van der Waals surface area contributed by atoms with E-state index in [0.29, 0.717) is 29.2 Å². The number of hydrazine groups is 1. The molecular formula is C14H20ClN3O2. The molecule has 0 amide bonds. The number of piperidine rings is 1. The van der Waals surface area contributed by atoms with Crippen molar-refractivity contribution in [2.45, 2.75) is 51.7 Å². The highest BCUT2D eigenvalue weighted by Crippen LogP contribution is 2.24. The van der Waals surface area contributed by atoms with Gasteiger partial charge in [-0.1, -0.05) is 18.0 Å². The number of nitrogens with one attached hydrogen (secondary N) is 1. The van der Waals surface area contributed by atoms with Gasteiger partial charge in [-0.3, -0.25) is 15.5 Å². The molecule has 1 aromatic rings. The van der Waals surface area contributed by atoms with E-state index in [1.54, 1.807) is 12.1 Å². The molecule has 0 bridgehead atoms. The maximum Gasteiger partial charge on any atom is 0.274 e. The van der Waals surface area contributed by atoms with E-state index in [4.69, 9.17) is 11.6 Å². The Bertz CT molecular complexity index is 485. The monoisotopic (exact) mass is 297 g/mol. The number of rotatable bonds is 4. The van der Waals surface area contributed by atoms with E-state index in [-0.39, 0.29) is 10.6 Å². The molecule has 5 nitrogen and oxygen atoms in total. The Hall–Kier alpha value is -1.17. The molecule has 1 heterocycles. The summed E-state index contributed by atoms with van der Waals surface area (Å²) in [5.74, 6) is 0. The third-order valence-corrected chi connectivity index (χ3v) is 4.12. The Morgan fingerprint density at radius 2 is 2.05 bits per heavy atom. The van der Waals surface area contributed by atoms with E-state index in [1.807, 2.05) is 0 Å². The minimum Gasteiger partial charge on any atom is -0.258 e.